The molecule has 2 rings (SSSR count). The minimum atomic E-state index is -0.483. The highest BCUT2D eigenvalue weighted by Gasteiger charge is 2.21. The third-order valence-corrected chi connectivity index (χ3v) is 5.00. The number of halogens is 1. The number of hydrogen-bond acceptors (Lipinski definition) is 3. The van der Waals surface area contributed by atoms with Gasteiger partial charge in [-0.2, -0.15) is 11.8 Å². The van der Waals surface area contributed by atoms with Crippen molar-refractivity contribution in [3.8, 4) is 5.75 Å². The van der Waals surface area contributed by atoms with Crippen molar-refractivity contribution in [2.75, 3.05) is 11.5 Å². The maximum Gasteiger partial charge on any atom is 0.260 e. The highest BCUT2D eigenvalue weighted by atomic mass is 79.9. The minimum Gasteiger partial charge on any atom is -0.480 e. The van der Waals surface area contributed by atoms with Gasteiger partial charge in [-0.25, -0.2) is 0 Å². The summed E-state index contributed by atoms with van der Waals surface area (Å²) in [6, 6.07) is 6.15. The molecule has 0 radical (unpaired) electrons. The quantitative estimate of drug-likeness (QED) is 0.895. The molecule has 5 heteroatoms. The summed E-state index contributed by atoms with van der Waals surface area (Å²) in [6.07, 6.45) is 1.62. The van der Waals surface area contributed by atoms with Crippen LogP contribution >= 0.6 is 27.7 Å². The van der Waals surface area contributed by atoms with E-state index in [9.17, 15) is 4.79 Å². The van der Waals surface area contributed by atoms with Crippen molar-refractivity contribution in [2.24, 2.45) is 0 Å². The second kappa shape index (κ2) is 7.36. The van der Waals surface area contributed by atoms with Gasteiger partial charge in [0.1, 0.15) is 5.75 Å². The molecule has 1 atom stereocenters. The van der Waals surface area contributed by atoms with Gasteiger partial charge in [0, 0.05) is 6.04 Å². The van der Waals surface area contributed by atoms with Gasteiger partial charge in [0.15, 0.2) is 6.10 Å². The predicted octanol–water partition coefficient (Wildman–Crippen LogP) is 3.54. The minimum absolute atomic E-state index is 0.0330. The van der Waals surface area contributed by atoms with Crippen molar-refractivity contribution >= 4 is 33.6 Å². The maximum atomic E-state index is 12.1. The molecule has 0 bridgehead atoms. The molecule has 110 valence electrons. The summed E-state index contributed by atoms with van der Waals surface area (Å²) in [5.74, 6) is 2.93. The number of ether oxygens (including phenoxy) is 1. The van der Waals surface area contributed by atoms with Gasteiger partial charge in [0.05, 0.1) is 4.47 Å². The molecule has 1 saturated heterocycles. The first-order chi connectivity index (χ1) is 9.56. The maximum absolute atomic E-state index is 12.1. The van der Waals surface area contributed by atoms with E-state index in [2.05, 4.69) is 21.2 Å². The molecule has 0 saturated carbocycles. The average Bonchev–Trinajstić information content (AvgIpc) is 2.43. The van der Waals surface area contributed by atoms with Crippen molar-refractivity contribution < 1.29 is 9.53 Å². The molecule has 1 unspecified atom stereocenters. The molecule has 1 amide bonds. The Morgan fingerprint density at radius 1 is 1.45 bits per heavy atom. The van der Waals surface area contributed by atoms with Crippen LogP contribution in [0.4, 0.5) is 0 Å². The van der Waals surface area contributed by atoms with Gasteiger partial charge in [-0.15, -0.1) is 0 Å². The van der Waals surface area contributed by atoms with Gasteiger partial charge in [-0.3, -0.25) is 4.79 Å². The molecular weight excluding hydrogens is 338 g/mol. The second-order valence-corrected chi connectivity index (χ2v) is 7.17. The number of thioether (sulfide) groups is 1. The first kappa shape index (κ1) is 15.7. The SMILES string of the molecule is Cc1ccc(OC(C)C(=O)NC2CCSCC2)c(Br)c1. The lowest BCUT2D eigenvalue weighted by Crippen LogP contribution is -2.43. The molecule has 1 aliphatic rings. The van der Waals surface area contributed by atoms with Gasteiger partial charge >= 0.3 is 0 Å². The van der Waals surface area contributed by atoms with Crippen LogP contribution in [0.3, 0.4) is 0 Å². The van der Waals surface area contributed by atoms with Gasteiger partial charge in [-0.05, 0) is 71.8 Å². The number of carbonyl (C=O) groups is 1. The molecule has 20 heavy (non-hydrogen) atoms. The van der Waals surface area contributed by atoms with E-state index in [1.807, 2.05) is 36.9 Å². The van der Waals surface area contributed by atoms with E-state index in [0.29, 0.717) is 11.8 Å². The van der Waals surface area contributed by atoms with Gasteiger partial charge in [0.2, 0.25) is 0 Å². The lowest BCUT2D eigenvalue weighted by atomic mass is 10.1. The Morgan fingerprint density at radius 2 is 2.15 bits per heavy atom. The fourth-order valence-electron chi connectivity index (χ4n) is 2.11. The number of carbonyl (C=O) groups excluding carboxylic acids is 1. The number of aryl methyl sites for hydroxylation is 1. The lowest BCUT2D eigenvalue weighted by molar-refractivity contribution is -0.128. The summed E-state index contributed by atoms with van der Waals surface area (Å²) < 4.78 is 6.62. The van der Waals surface area contributed by atoms with Gasteiger partial charge in [-0.1, -0.05) is 6.07 Å². The molecule has 0 aromatic heterocycles. The van der Waals surface area contributed by atoms with Gasteiger partial charge < -0.3 is 10.1 Å². The average molecular weight is 358 g/mol. The number of amides is 1. The third kappa shape index (κ3) is 4.42. The molecule has 1 aromatic rings. The predicted molar refractivity (Wildman–Crippen MR) is 87.5 cm³/mol. The van der Waals surface area contributed by atoms with Crippen molar-refractivity contribution in [3.63, 3.8) is 0 Å². The zero-order valence-corrected chi connectivity index (χ0v) is 14.2. The molecule has 1 aliphatic heterocycles. The molecule has 1 N–H and O–H groups in total. The Morgan fingerprint density at radius 3 is 2.80 bits per heavy atom. The molecule has 3 nitrogen and oxygen atoms in total. The molecule has 0 aliphatic carbocycles. The number of hydrogen-bond donors (Lipinski definition) is 1. The number of benzene rings is 1. The summed E-state index contributed by atoms with van der Waals surface area (Å²) in [6.45, 7) is 3.81. The fourth-order valence-corrected chi connectivity index (χ4v) is 3.80. The van der Waals surface area contributed by atoms with E-state index in [1.165, 1.54) is 0 Å². The standard InChI is InChI=1S/C15H20BrNO2S/c1-10-3-4-14(13(16)9-10)19-11(2)15(18)17-12-5-7-20-8-6-12/h3-4,9,11-12H,5-8H2,1-2H3,(H,17,18). The smallest absolute Gasteiger partial charge is 0.260 e. The van der Waals surface area contributed by atoms with Crippen molar-refractivity contribution in [2.45, 2.75) is 38.8 Å². The van der Waals surface area contributed by atoms with Crippen LogP contribution in [-0.2, 0) is 4.79 Å². The van der Waals surface area contributed by atoms with E-state index in [-0.39, 0.29) is 5.91 Å². The Balaban J connectivity index is 1.89. The third-order valence-electron chi connectivity index (χ3n) is 3.33. The summed E-state index contributed by atoms with van der Waals surface area (Å²) in [7, 11) is 0. The molecule has 1 aromatic carbocycles. The van der Waals surface area contributed by atoms with E-state index in [1.54, 1.807) is 6.92 Å². The molecular formula is C15H20BrNO2S. The Labute approximate surface area is 133 Å². The van der Waals surface area contributed by atoms with E-state index < -0.39 is 6.10 Å². The number of nitrogens with one attached hydrogen (secondary N) is 1. The van der Waals surface area contributed by atoms with E-state index in [0.717, 1.165) is 34.4 Å². The zero-order chi connectivity index (χ0) is 14.5. The summed E-state index contributed by atoms with van der Waals surface area (Å²) in [4.78, 5) is 12.1. The summed E-state index contributed by atoms with van der Waals surface area (Å²) >= 11 is 5.42. The normalized spacial score (nSPS) is 17.6. The number of rotatable bonds is 4. The van der Waals surface area contributed by atoms with Crippen LogP contribution in [0.1, 0.15) is 25.3 Å². The van der Waals surface area contributed by atoms with Gasteiger partial charge in [0.25, 0.3) is 5.91 Å². The molecule has 1 heterocycles. The van der Waals surface area contributed by atoms with Crippen molar-refractivity contribution in [3.05, 3.63) is 28.2 Å². The van der Waals surface area contributed by atoms with E-state index >= 15 is 0 Å². The van der Waals surface area contributed by atoms with E-state index in [4.69, 9.17) is 4.74 Å². The molecule has 1 fully saturated rings. The Bertz CT molecular complexity index is 475. The lowest BCUT2D eigenvalue weighted by Gasteiger charge is -2.24. The summed E-state index contributed by atoms with van der Waals surface area (Å²) in [5, 5.41) is 3.08. The highest BCUT2D eigenvalue weighted by molar-refractivity contribution is 9.10. The monoisotopic (exact) mass is 357 g/mol. The van der Waals surface area contributed by atoms with Crippen LogP contribution in [0.2, 0.25) is 0 Å². The Hall–Kier alpha value is -0.680. The van der Waals surface area contributed by atoms with Crippen molar-refractivity contribution in [1.29, 1.82) is 0 Å². The fraction of sp³-hybridized carbons (Fsp3) is 0.533. The second-order valence-electron chi connectivity index (χ2n) is 5.09. The largest absolute Gasteiger partial charge is 0.480 e. The first-order valence-corrected chi connectivity index (χ1v) is 8.82. The first-order valence-electron chi connectivity index (χ1n) is 6.87. The van der Waals surface area contributed by atoms with Crippen LogP contribution in [0.5, 0.6) is 5.75 Å². The Kier molecular flexibility index (Phi) is 5.78. The zero-order valence-electron chi connectivity index (χ0n) is 11.8. The van der Waals surface area contributed by atoms with Crippen molar-refractivity contribution in [1.82, 2.24) is 5.32 Å². The van der Waals surface area contributed by atoms with Crippen LogP contribution in [0.25, 0.3) is 0 Å². The highest BCUT2D eigenvalue weighted by Crippen LogP contribution is 2.26. The van der Waals surface area contributed by atoms with Crippen LogP contribution in [0.15, 0.2) is 22.7 Å². The van der Waals surface area contributed by atoms with Crippen LogP contribution < -0.4 is 10.1 Å². The van der Waals surface area contributed by atoms with Crippen LogP contribution in [0, 0.1) is 6.92 Å². The topological polar surface area (TPSA) is 38.3 Å². The summed E-state index contributed by atoms with van der Waals surface area (Å²) in [5.41, 5.74) is 1.15. The van der Waals surface area contributed by atoms with Crippen LogP contribution in [-0.4, -0.2) is 29.6 Å². The molecule has 0 spiro atoms.